The van der Waals surface area contributed by atoms with Gasteiger partial charge >= 0.3 is 0 Å². The summed E-state index contributed by atoms with van der Waals surface area (Å²) < 4.78 is 0. The number of piperazine rings is 1. The lowest BCUT2D eigenvalue weighted by Crippen LogP contribution is -2.45. The predicted octanol–water partition coefficient (Wildman–Crippen LogP) is 3.27. The van der Waals surface area contributed by atoms with Gasteiger partial charge in [-0.3, -0.25) is 9.80 Å². The Hall–Kier alpha value is -3.22. The van der Waals surface area contributed by atoms with Crippen LogP contribution in [-0.4, -0.2) is 46.2 Å². The summed E-state index contributed by atoms with van der Waals surface area (Å²) >= 11 is 0. The fourth-order valence-electron chi connectivity index (χ4n) is 3.42. The SMILES string of the molecule is Nc1ccc(O)c(CN2CCN(Cc3ccccc3O)CC2)c1.Nc1ccccc1. The molecule has 30 heavy (non-hydrogen) atoms. The number of aromatic hydroxyl groups is 2. The minimum atomic E-state index is 0.302. The average Bonchev–Trinajstić information content (AvgIpc) is 2.75. The number of nitrogens with two attached hydrogens (primary N) is 2. The molecule has 1 aliphatic heterocycles. The van der Waals surface area contributed by atoms with Crippen LogP contribution in [0.25, 0.3) is 0 Å². The van der Waals surface area contributed by atoms with Crippen LogP contribution in [0.2, 0.25) is 0 Å². The van der Waals surface area contributed by atoms with Crippen molar-refractivity contribution in [3.63, 3.8) is 0 Å². The normalized spacial score (nSPS) is 14.7. The van der Waals surface area contributed by atoms with Gasteiger partial charge in [0, 0.05) is 61.8 Å². The third-order valence-corrected chi connectivity index (χ3v) is 5.15. The van der Waals surface area contributed by atoms with Crippen LogP contribution in [-0.2, 0) is 13.1 Å². The smallest absolute Gasteiger partial charge is 0.120 e. The third-order valence-electron chi connectivity index (χ3n) is 5.15. The molecule has 3 aromatic rings. The van der Waals surface area contributed by atoms with Gasteiger partial charge < -0.3 is 21.7 Å². The molecule has 4 rings (SSSR count). The van der Waals surface area contributed by atoms with E-state index in [1.807, 2.05) is 54.6 Å². The van der Waals surface area contributed by atoms with Crippen LogP contribution in [0.15, 0.2) is 72.8 Å². The van der Waals surface area contributed by atoms with Crippen LogP contribution in [0.5, 0.6) is 11.5 Å². The zero-order chi connectivity index (χ0) is 21.3. The van der Waals surface area contributed by atoms with Gasteiger partial charge in [0.15, 0.2) is 0 Å². The average molecular weight is 407 g/mol. The van der Waals surface area contributed by atoms with Gasteiger partial charge in [-0.25, -0.2) is 0 Å². The summed E-state index contributed by atoms with van der Waals surface area (Å²) in [6.07, 6.45) is 0. The Balaban J connectivity index is 0.000000310. The van der Waals surface area contributed by atoms with Gasteiger partial charge in [-0.1, -0.05) is 36.4 Å². The molecule has 0 aliphatic carbocycles. The van der Waals surface area contributed by atoms with E-state index in [4.69, 9.17) is 11.5 Å². The van der Waals surface area contributed by atoms with E-state index in [9.17, 15) is 10.2 Å². The molecule has 0 unspecified atom stereocenters. The van der Waals surface area contributed by atoms with E-state index in [1.54, 1.807) is 18.2 Å². The molecule has 158 valence electrons. The number of rotatable bonds is 4. The van der Waals surface area contributed by atoms with E-state index in [2.05, 4.69) is 9.80 Å². The standard InChI is InChI=1S/C18H23N3O2.C6H7N/c19-16-5-6-18(23)15(11-16)13-21-9-7-20(8-10-21)12-14-3-1-2-4-17(14)22;7-6-4-2-1-3-5-6/h1-6,11,22-23H,7-10,12-13,19H2;1-5H,7H2. The fraction of sp³-hybridized carbons (Fsp3) is 0.250. The Bertz CT molecular complexity index is 925. The maximum absolute atomic E-state index is 9.92. The largest absolute Gasteiger partial charge is 0.508 e. The van der Waals surface area contributed by atoms with Gasteiger partial charge in [0.05, 0.1) is 0 Å². The summed E-state index contributed by atoms with van der Waals surface area (Å²) in [5.41, 5.74) is 14.5. The Labute approximate surface area is 178 Å². The highest BCUT2D eigenvalue weighted by atomic mass is 16.3. The first-order valence-electron chi connectivity index (χ1n) is 10.1. The lowest BCUT2D eigenvalue weighted by molar-refractivity contribution is 0.120. The molecule has 1 fully saturated rings. The van der Waals surface area contributed by atoms with Gasteiger partial charge in [-0.15, -0.1) is 0 Å². The van der Waals surface area contributed by atoms with Crippen LogP contribution in [0.3, 0.4) is 0 Å². The molecule has 6 nitrogen and oxygen atoms in total. The van der Waals surface area contributed by atoms with Crippen LogP contribution in [0.1, 0.15) is 11.1 Å². The highest BCUT2D eigenvalue weighted by molar-refractivity contribution is 5.47. The summed E-state index contributed by atoms with van der Waals surface area (Å²) in [6, 6.07) is 22.2. The van der Waals surface area contributed by atoms with E-state index in [0.29, 0.717) is 23.7 Å². The van der Waals surface area contributed by atoms with E-state index >= 15 is 0 Å². The molecule has 3 aromatic carbocycles. The summed E-state index contributed by atoms with van der Waals surface area (Å²) in [5.74, 6) is 0.662. The summed E-state index contributed by atoms with van der Waals surface area (Å²) in [6.45, 7) is 5.23. The Morgan fingerprint density at radius 1 is 0.600 bits per heavy atom. The molecule has 0 bridgehead atoms. The van der Waals surface area contributed by atoms with Gasteiger partial charge in [0.2, 0.25) is 0 Å². The maximum Gasteiger partial charge on any atom is 0.120 e. The van der Waals surface area contributed by atoms with Crippen molar-refractivity contribution < 1.29 is 10.2 Å². The first-order chi connectivity index (χ1) is 14.5. The monoisotopic (exact) mass is 406 g/mol. The topological polar surface area (TPSA) is 99.0 Å². The van der Waals surface area contributed by atoms with Crippen LogP contribution >= 0.6 is 0 Å². The molecule has 1 aliphatic rings. The lowest BCUT2D eigenvalue weighted by Gasteiger charge is -2.35. The van der Waals surface area contributed by atoms with Crippen molar-refractivity contribution in [1.82, 2.24) is 9.80 Å². The third kappa shape index (κ3) is 6.40. The highest BCUT2D eigenvalue weighted by Crippen LogP contribution is 2.23. The first kappa shape index (κ1) is 21.5. The van der Waals surface area contributed by atoms with Crippen LogP contribution in [0.4, 0.5) is 11.4 Å². The van der Waals surface area contributed by atoms with Crippen LogP contribution in [0, 0.1) is 0 Å². The van der Waals surface area contributed by atoms with Crippen molar-refractivity contribution in [2.75, 3.05) is 37.6 Å². The Kier molecular flexibility index (Phi) is 7.54. The Morgan fingerprint density at radius 2 is 1.13 bits per heavy atom. The number of nitrogens with zero attached hydrogens (tertiary/aromatic N) is 2. The predicted molar refractivity (Wildman–Crippen MR) is 122 cm³/mol. The number of hydrogen-bond acceptors (Lipinski definition) is 6. The quantitative estimate of drug-likeness (QED) is 0.392. The second-order valence-electron chi connectivity index (χ2n) is 7.48. The molecule has 0 saturated carbocycles. The summed E-state index contributed by atoms with van der Waals surface area (Å²) in [4.78, 5) is 4.65. The minimum absolute atomic E-state index is 0.302. The number of anilines is 2. The molecule has 0 atom stereocenters. The maximum atomic E-state index is 9.92. The van der Waals surface area contributed by atoms with E-state index in [-0.39, 0.29) is 0 Å². The molecule has 0 spiro atoms. The van der Waals surface area contributed by atoms with E-state index < -0.39 is 0 Å². The van der Waals surface area contributed by atoms with Crippen molar-refractivity contribution >= 4 is 11.4 Å². The van der Waals surface area contributed by atoms with Crippen molar-refractivity contribution in [2.24, 2.45) is 0 Å². The van der Waals surface area contributed by atoms with Gasteiger partial charge in [0.25, 0.3) is 0 Å². The molecule has 6 N–H and O–H groups in total. The summed E-state index contributed by atoms with van der Waals surface area (Å²) in [7, 11) is 0. The summed E-state index contributed by atoms with van der Waals surface area (Å²) in [5, 5.41) is 19.8. The van der Waals surface area contributed by atoms with Gasteiger partial charge in [-0.05, 0) is 36.4 Å². The van der Waals surface area contributed by atoms with Gasteiger partial charge in [-0.2, -0.15) is 0 Å². The number of benzene rings is 3. The lowest BCUT2D eigenvalue weighted by atomic mass is 10.1. The molecule has 6 heteroatoms. The van der Waals surface area contributed by atoms with Crippen molar-refractivity contribution in [3.8, 4) is 11.5 Å². The fourth-order valence-corrected chi connectivity index (χ4v) is 3.42. The molecule has 0 radical (unpaired) electrons. The number of hydrogen-bond donors (Lipinski definition) is 4. The molecule has 1 saturated heterocycles. The Morgan fingerprint density at radius 3 is 1.70 bits per heavy atom. The number of nitrogen functional groups attached to an aromatic ring is 2. The number of para-hydroxylation sites is 2. The second kappa shape index (κ2) is 10.5. The molecule has 0 aromatic heterocycles. The highest BCUT2D eigenvalue weighted by Gasteiger charge is 2.18. The zero-order valence-corrected chi connectivity index (χ0v) is 17.1. The van der Waals surface area contributed by atoms with Crippen molar-refractivity contribution in [1.29, 1.82) is 0 Å². The van der Waals surface area contributed by atoms with Crippen molar-refractivity contribution in [3.05, 3.63) is 83.9 Å². The molecular weight excluding hydrogens is 376 g/mol. The second-order valence-corrected chi connectivity index (χ2v) is 7.48. The zero-order valence-electron chi connectivity index (χ0n) is 17.1. The van der Waals surface area contributed by atoms with E-state index in [1.165, 1.54) is 0 Å². The molecule has 0 amide bonds. The minimum Gasteiger partial charge on any atom is -0.508 e. The number of phenolic OH excluding ortho intramolecular Hbond substituents is 2. The van der Waals surface area contributed by atoms with Crippen molar-refractivity contribution in [2.45, 2.75) is 13.1 Å². The number of phenols is 2. The van der Waals surface area contributed by atoms with Gasteiger partial charge in [0.1, 0.15) is 11.5 Å². The molecular formula is C24H30N4O2. The van der Waals surface area contributed by atoms with E-state index in [0.717, 1.165) is 49.5 Å². The first-order valence-corrected chi connectivity index (χ1v) is 10.1. The van der Waals surface area contributed by atoms with Crippen LogP contribution < -0.4 is 11.5 Å². The molecule has 1 heterocycles.